The lowest BCUT2D eigenvalue weighted by atomic mass is 10.1. The highest BCUT2D eigenvalue weighted by Gasteiger charge is 2.26. The third-order valence-electron chi connectivity index (χ3n) is 5.40. The molecule has 4 heterocycles. The minimum absolute atomic E-state index is 0.0228. The van der Waals surface area contributed by atoms with Crippen LogP contribution in [0.5, 0.6) is 0 Å². The quantitative estimate of drug-likeness (QED) is 0.841. The Morgan fingerprint density at radius 1 is 1.19 bits per heavy atom. The second-order valence-corrected chi connectivity index (χ2v) is 7.48. The van der Waals surface area contributed by atoms with Gasteiger partial charge in [0.25, 0.3) is 5.91 Å². The van der Waals surface area contributed by atoms with Crippen molar-refractivity contribution < 1.29 is 9.21 Å². The van der Waals surface area contributed by atoms with Gasteiger partial charge in [-0.25, -0.2) is 4.68 Å². The molecule has 1 amide bonds. The molecule has 0 saturated carbocycles. The highest BCUT2D eigenvalue weighted by molar-refractivity contribution is 5.91. The number of carbonyl (C=O) groups excluding carboxylic acids is 1. The largest absolute Gasteiger partial charge is 0.465 e. The van der Waals surface area contributed by atoms with Gasteiger partial charge in [0.1, 0.15) is 11.5 Å². The highest BCUT2D eigenvalue weighted by atomic mass is 16.3. The summed E-state index contributed by atoms with van der Waals surface area (Å²) in [5, 5.41) is 8.43. The topological polar surface area (TPSA) is 67.4 Å². The lowest BCUT2D eigenvalue weighted by Gasteiger charge is -2.31. The van der Waals surface area contributed by atoms with E-state index in [2.05, 4.69) is 15.2 Å². The van der Waals surface area contributed by atoms with Gasteiger partial charge in [-0.2, -0.15) is 0 Å². The number of rotatable bonds is 4. The Balaban J connectivity index is 1.39. The summed E-state index contributed by atoms with van der Waals surface area (Å²) in [7, 11) is 0. The fourth-order valence-corrected chi connectivity index (χ4v) is 3.99. The van der Waals surface area contributed by atoms with Crippen molar-refractivity contribution in [3.63, 3.8) is 0 Å². The fraction of sp³-hybridized carbons (Fsp3) is 0.632. The lowest BCUT2D eigenvalue weighted by molar-refractivity contribution is 0.0718. The SMILES string of the molecule is Cc1ccc(CN2CCCC(n3cc(C(=O)N4CCCCC4)nn3)C2)o1. The van der Waals surface area contributed by atoms with E-state index in [1.54, 1.807) is 0 Å². The zero-order chi connectivity index (χ0) is 17.9. The molecule has 2 saturated heterocycles. The van der Waals surface area contributed by atoms with Crippen LogP contribution >= 0.6 is 0 Å². The predicted molar refractivity (Wildman–Crippen MR) is 96.8 cm³/mol. The zero-order valence-corrected chi connectivity index (χ0v) is 15.4. The van der Waals surface area contributed by atoms with Crippen molar-refractivity contribution in [1.82, 2.24) is 24.8 Å². The fourth-order valence-electron chi connectivity index (χ4n) is 3.99. The normalized spacial score (nSPS) is 21.9. The highest BCUT2D eigenvalue weighted by Crippen LogP contribution is 2.23. The van der Waals surface area contributed by atoms with Crippen molar-refractivity contribution in [3.8, 4) is 0 Å². The molecular formula is C19H27N5O2. The van der Waals surface area contributed by atoms with Gasteiger partial charge >= 0.3 is 0 Å². The molecule has 1 atom stereocenters. The van der Waals surface area contributed by atoms with E-state index >= 15 is 0 Å². The molecule has 0 spiro atoms. The van der Waals surface area contributed by atoms with Gasteiger partial charge in [-0.05, 0) is 57.7 Å². The summed E-state index contributed by atoms with van der Waals surface area (Å²) in [5.74, 6) is 1.98. The summed E-state index contributed by atoms with van der Waals surface area (Å²) in [4.78, 5) is 16.9. The van der Waals surface area contributed by atoms with E-state index < -0.39 is 0 Å². The minimum Gasteiger partial charge on any atom is -0.465 e. The number of carbonyl (C=O) groups is 1. The summed E-state index contributed by atoms with van der Waals surface area (Å²) in [6.45, 7) is 6.43. The van der Waals surface area contributed by atoms with Gasteiger partial charge < -0.3 is 9.32 Å². The van der Waals surface area contributed by atoms with Gasteiger partial charge in [-0.15, -0.1) is 5.10 Å². The van der Waals surface area contributed by atoms with Crippen molar-refractivity contribution in [2.45, 2.75) is 51.6 Å². The van der Waals surface area contributed by atoms with E-state index in [1.807, 2.05) is 34.8 Å². The Bertz CT molecular complexity index is 747. The molecule has 0 aliphatic carbocycles. The van der Waals surface area contributed by atoms with E-state index in [0.717, 1.165) is 69.9 Å². The zero-order valence-electron chi connectivity index (χ0n) is 15.4. The van der Waals surface area contributed by atoms with E-state index in [-0.39, 0.29) is 11.9 Å². The summed E-state index contributed by atoms with van der Waals surface area (Å²) >= 11 is 0. The van der Waals surface area contributed by atoms with Crippen LogP contribution in [0.2, 0.25) is 0 Å². The summed E-state index contributed by atoms with van der Waals surface area (Å²) in [6, 6.07) is 4.31. The van der Waals surface area contributed by atoms with Crippen molar-refractivity contribution in [2.75, 3.05) is 26.2 Å². The molecule has 2 aliphatic rings. The first-order valence-electron chi connectivity index (χ1n) is 9.68. The standard InChI is InChI=1S/C19H27N5O2/c1-15-7-8-17(26-15)13-22-9-5-6-16(12-22)24-14-18(20-21-24)19(25)23-10-3-2-4-11-23/h7-8,14,16H,2-6,9-13H2,1H3. The number of aromatic nitrogens is 3. The molecule has 4 rings (SSSR count). The maximum absolute atomic E-state index is 12.6. The van der Waals surface area contributed by atoms with Crippen LogP contribution in [0.25, 0.3) is 0 Å². The molecule has 0 N–H and O–H groups in total. The molecule has 26 heavy (non-hydrogen) atoms. The molecule has 1 unspecified atom stereocenters. The lowest BCUT2D eigenvalue weighted by Crippen LogP contribution is -2.36. The van der Waals surface area contributed by atoms with E-state index in [1.165, 1.54) is 6.42 Å². The first kappa shape index (κ1) is 17.3. The molecule has 0 bridgehead atoms. The van der Waals surface area contributed by atoms with Gasteiger partial charge in [0, 0.05) is 19.6 Å². The summed E-state index contributed by atoms with van der Waals surface area (Å²) in [6.07, 6.45) is 7.40. The second kappa shape index (κ2) is 7.61. The number of nitrogens with zero attached hydrogens (tertiary/aromatic N) is 5. The maximum Gasteiger partial charge on any atom is 0.276 e. The van der Waals surface area contributed by atoms with Crippen LogP contribution in [0.15, 0.2) is 22.7 Å². The van der Waals surface area contributed by atoms with E-state index in [4.69, 9.17) is 4.42 Å². The summed E-state index contributed by atoms with van der Waals surface area (Å²) < 4.78 is 7.59. The van der Waals surface area contributed by atoms with Crippen molar-refractivity contribution in [3.05, 3.63) is 35.5 Å². The van der Waals surface area contributed by atoms with Gasteiger partial charge in [-0.1, -0.05) is 5.21 Å². The Kier molecular flexibility index (Phi) is 5.06. The predicted octanol–water partition coefficient (Wildman–Crippen LogP) is 2.64. The van der Waals surface area contributed by atoms with Crippen molar-refractivity contribution in [2.24, 2.45) is 0 Å². The molecule has 2 aliphatic heterocycles. The smallest absolute Gasteiger partial charge is 0.276 e. The molecule has 7 heteroatoms. The average Bonchev–Trinajstić information content (AvgIpc) is 3.31. The Hall–Kier alpha value is -2.15. The molecule has 0 aromatic carbocycles. The van der Waals surface area contributed by atoms with E-state index in [0.29, 0.717) is 5.69 Å². The molecule has 140 valence electrons. The van der Waals surface area contributed by atoms with Crippen LogP contribution in [0.3, 0.4) is 0 Å². The molecule has 7 nitrogen and oxygen atoms in total. The first-order chi connectivity index (χ1) is 12.7. The van der Waals surface area contributed by atoms with Crippen LogP contribution < -0.4 is 0 Å². The van der Waals surface area contributed by atoms with Crippen LogP contribution in [-0.4, -0.2) is 56.9 Å². The molecule has 2 fully saturated rings. The first-order valence-corrected chi connectivity index (χ1v) is 9.68. The Morgan fingerprint density at radius 2 is 2.04 bits per heavy atom. The van der Waals surface area contributed by atoms with Gasteiger partial charge in [0.2, 0.25) is 0 Å². The molecule has 2 aromatic rings. The monoisotopic (exact) mass is 357 g/mol. The molecular weight excluding hydrogens is 330 g/mol. The Labute approximate surface area is 153 Å². The van der Waals surface area contributed by atoms with Crippen LogP contribution in [-0.2, 0) is 6.54 Å². The van der Waals surface area contributed by atoms with E-state index in [9.17, 15) is 4.79 Å². The van der Waals surface area contributed by atoms with Crippen molar-refractivity contribution >= 4 is 5.91 Å². The number of piperidine rings is 2. The second-order valence-electron chi connectivity index (χ2n) is 7.48. The van der Waals surface area contributed by atoms with Crippen LogP contribution in [0, 0.1) is 6.92 Å². The van der Waals surface area contributed by atoms with Gasteiger partial charge in [-0.3, -0.25) is 9.69 Å². The van der Waals surface area contributed by atoms with Crippen LogP contribution in [0.1, 0.15) is 60.2 Å². The molecule has 2 aromatic heterocycles. The number of aryl methyl sites for hydroxylation is 1. The average molecular weight is 357 g/mol. The number of hydrogen-bond acceptors (Lipinski definition) is 5. The summed E-state index contributed by atoms with van der Waals surface area (Å²) in [5.41, 5.74) is 0.477. The number of amides is 1. The minimum atomic E-state index is 0.0228. The third-order valence-corrected chi connectivity index (χ3v) is 5.40. The Morgan fingerprint density at radius 3 is 2.81 bits per heavy atom. The number of hydrogen-bond donors (Lipinski definition) is 0. The van der Waals surface area contributed by atoms with Gasteiger partial charge in [0.05, 0.1) is 18.8 Å². The van der Waals surface area contributed by atoms with Gasteiger partial charge in [0.15, 0.2) is 5.69 Å². The third kappa shape index (κ3) is 3.82. The number of likely N-dealkylation sites (tertiary alicyclic amines) is 2. The maximum atomic E-state index is 12.6. The van der Waals surface area contributed by atoms with Crippen LogP contribution in [0.4, 0.5) is 0 Å². The van der Waals surface area contributed by atoms with Crippen molar-refractivity contribution in [1.29, 1.82) is 0 Å². The molecule has 0 radical (unpaired) electrons. The number of furan rings is 1.